The van der Waals surface area contributed by atoms with Gasteiger partial charge in [-0.25, -0.2) is 4.98 Å². The summed E-state index contributed by atoms with van der Waals surface area (Å²) in [6.45, 7) is 5.10. The molecule has 1 heterocycles. The largest absolute Gasteiger partial charge is 0.378 e. The summed E-state index contributed by atoms with van der Waals surface area (Å²) < 4.78 is 0. The second-order valence-corrected chi connectivity index (χ2v) is 6.57. The minimum absolute atomic E-state index is 0.483. The number of nitrogens with two attached hydrogens (primary N) is 1. The van der Waals surface area contributed by atoms with Crippen LogP contribution >= 0.6 is 11.3 Å². The van der Waals surface area contributed by atoms with Gasteiger partial charge in [-0.2, -0.15) is 0 Å². The van der Waals surface area contributed by atoms with Crippen LogP contribution in [0, 0.1) is 0 Å². The first kappa shape index (κ1) is 15.0. The lowest BCUT2D eigenvalue weighted by atomic mass is 10.0. The van der Waals surface area contributed by atoms with E-state index in [1.165, 1.54) is 16.1 Å². The molecular weight excluding hydrogens is 266 g/mol. The van der Waals surface area contributed by atoms with Gasteiger partial charge in [0.25, 0.3) is 0 Å². The van der Waals surface area contributed by atoms with Crippen molar-refractivity contribution in [3.05, 3.63) is 34.2 Å². The van der Waals surface area contributed by atoms with E-state index in [0.29, 0.717) is 12.5 Å². The van der Waals surface area contributed by atoms with Gasteiger partial charge >= 0.3 is 0 Å². The zero-order valence-electron chi connectivity index (χ0n) is 12.7. The zero-order chi connectivity index (χ0) is 14.7. The van der Waals surface area contributed by atoms with Gasteiger partial charge < -0.3 is 10.6 Å². The second-order valence-electron chi connectivity index (χ2n) is 5.46. The number of thiazole rings is 1. The minimum atomic E-state index is 0.483. The van der Waals surface area contributed by atoms with Crippen molar-refractivity contribution in [1.82, 2.24) is 4.98 Å². The van der Waals surface area contributed by atoms with Crippen LogP contribution in [-0.2, 0) is 6.42 Å². The van der Waals surface area contributed by atoms with Gasteiger partial charge in [0.1, 0.15) is 0 Å². The molecule has 2 N–H and O–H groups in total. The summed E-state index contributed by atoms with van der Waals surface area (Å²) in [6.07, 6.45) is 0.859. The van der Waals surface area contributed by atoms with E-state index >= 15 is 0 Å². The van der Waals surface area contributed by atoms with Crippen molar-refractivity contribution in [3.63, 3.8) is 0 Å². The molecule has 0 aliphatic carbocycles. The molecule has 0 aliphatic rings. The maximum atomic E-state index is 5.66. The van der Waals surface area contributed by atoms with Crippen molar-refractivity contribution in [3.8, 4) is 11.3 Å². The monoisotopic (exact) mass is 289 g/mol. The lowest BCUT2D eigenvalue weighted by molar-refractivity contribution is 0.887. The van der Waals surface area contributed by atoms with Crippen LogP contribution in [0.25, 0.3) is 11.3 Å². The van der Waals surface area contributed by atoms with Gasteiger partial charge in [-0.1, -0.05) is 26.0 Å². The molecule has 1 aromatic carbocycles. The molecule has 0 unspecified atom stereocenters. The Morgan fingerprint density at radius 1 is 1.30 bits per heavy atom. The van der Waals surface area contributed by atoms with Crippen LogP contribution in [0.15, 0.2) is 24.3 Å². The van der Waals surface area contributed by atoms with Crippen LogP contribution in [0.4, 0.5) is 5.69 Å². The van der Waals surface area contributed by atoms with E-state index in [4.69, 9.17) is 10.7 Å². The highest BCUT2D eigenvalue weighted by molar-refractivity contribution is 7.12. The Balaban J connectivity index is 2.47. The number of nitrogens with zero attached hydrogens (tertiary/aromatic N) is 2. The fourth-order valence-electron chi connectivity index (χ4n) is 2.14. The van der Waals surface area contributed by atoms with Crippen molar-refractivity contribution in [1.29, 1.82) is 0 Å². The summed E-state index contributed by atoms with van der Waals surface area (Å²) in [5, 5.41) is 1.14. The predicted molar refractivity (Wildman–Crippen MR) is 88.7 cm³/mol. The third kappa shape index (κ3) is 3.19. The van der Waals surface area contributed by atoms with Crippen molar-refractivity contribution < 1.29 is 0 Å². The fraction of sp³-hybridized carbons (Fsp3) is 0.438. The maximum absolute atomic E-state index is 5.66. The van der Waals surface area contributed by atoms with Crippen LogP contribution in [0.1, 0.15) is 29.7 Å². The highest BCUT2D eigenvalue weighted by atomic mass is 32.1. The molecule has 0 bridgehead atoms. The summed E-state index contributed by atoms with van der Waals surface area (Å²) >= 11 is 1.80. The van der Waals surface area contributed by atoms with E-state index in [0.717, 1.165) is 17.1 Å². The molecule has 2 rings (SSSR count). The molecule has 0 aliphatic heterocycles. The average molecular weight is 289 g/mol. The molecule has 3 nitrogen and oxygen atoms in total. The molecule has 1 aromatic heterocycles. The van der Waals surface area contributed by atoms with E-state index in [9.17, 15) is 0 Å². The first-order valence-corrected chi connectivity index (χ1v) is 7.82. The van der Waals surface area contributed by atoms with Crippen LogP contribution < -0.4 is 10.6 Å². The number of hydrogen-bond acceptors (Lipinski definition) is 4. The molecule has 4 heteroatoms. The second kappa shape index (κ2) is 6.37. The lowest BCUT2D eigenvalue weighted by Crippen LogP contribution is -2.08. The standard InChI is InChI=1S/C16H23N3S/c1-11(2)16-15(18-14(20-16)8-9-17)12-6-5-7-13(10-12)19(3)4/h5-7,10-11H,8-9,17H2,1-4H3. The van der Waals surface area contributed by atoms with Gasteiger partial charge in [0.05, 0.1) is 10.7 Å². The van der Waals surface area contributed by atoms with Gasteiger partial charge in [-0.15, -0.1) is 11.3 Å². The van der Waals surface area contributed by atoms with Gasteiger partial charge in [0.2, 0.25) is 0 Å². The fourth-order valence-corrected chi connectivity index (χ4v) is 3.24. The number of benzene rings is 1. The lowest BCUT2D eigenvalue weighted by Gasteiger charge is -2.13. The zero-order valence-corrected chi connectivity index (χ0v) is 13.5. The Morgan fingerprint density at radius 3 is 2.65 bits per heavy atom. The van der Waals surface area contributed by atoms with E-state index in [-0.39, 0.29) is 0 Å². The summed E-state index contributed by atoms with van der Waals surface area (Å²) in [5.41, 5.74) is 9.17. The van der Waals surface area contributed by atoms with Crippen molar-refractivity contribution >= 4 is 17.0 Å². The van der Waals surface area contributed by atoms with Gasteiger partial charge in [-0.05, 0) is 24.6 Å². The molecule has 0 atom stereocenters. The normalized spacial score (nSPS) is 11.1. The Morgan fingerprint density at radius 2 is 2.05 bits per heavy atom. The Bertz CT molecular complexity index is 573. The van der Waals surface area contributed by atoms with Gasteiger partial charge in [-0.3, -0.25) is 0 Å². The summed E-state index contributed by atoms with van der Waals surface area (Å²) in [5.74, 6) is 0.483. The molecule has 0 fully saturated rings. The van der Waals surface area contributed by atoms with Crippen LogP contribution in [0.5, 0.6) is 0 Å². The molecule has 0 saturated heterocycles. The molecule has 0 radical (unpaired) electrons. The molecule has 0 saturated carbocycles. The number of aromatic nitrogens is 1. The van der Waals surface area contributed by atoms with Gasteiger partial charge in [0, 0.05) is 36.6 Å². The molecule has 2 aromatic rings. The number of anilines is 1. The Hall–Kier alpha value is -1.39. The average Bonchev–Trinajstić information content (AvgIpc) is 2.83. The van der Waals surface area contributed by atoms with Crippen molar-refractivity contribution in [2.24, 2.45) is 5.73 Å². The van der Waals surface area contributed by atoms with Crippen molar-refractivity contribution in [2.45, 2.75) is 26.2 Å². The molecule has 108 valence electrons. The molecule has 0 amide bonds. The van der Waals surface area contributed by atoms with E-state index in [1.807, 2.05) is 0 Å². The van der Waals surface area contributed by atoms with Gasteiger partial charge in [0.15, 0.2) is 0 Å². The first-order valence-electron chi connectivity index (χ1n) is 7.00. The minimum Gasteiger partial charge on any atom is -0.378 e. The van der Waals surface area contributed by atoms with E-state index in [2.05, 4.69) is 57.1 Å². The Kier molecular flexibility index (Phi) is 4.78. The molecule has 20 heavy (non-hydrogen) atoms. The molecular formula is C16H23N3S. The van der Waals surface area contributed by atoms with E-state index in [1.54, 1.807) is 11.3 Å². The predicted octanol–water partition coefficient (Wildman–Crippen LogP) is 3.50. The summed E-state index contributed by atoms with van der Waals surface area (Å²) in [6, 6.07) is 8.55. The smallest absolute Gasteiger partial charge is 0.0948 e. The highest BCUT2D eigenvalue weighted by Gasteiger charge is 2.16. The Labute approximate surface area is 125 Å². The topological polar surface area (TPSA) is 42.1 Å². The maximum Gasteiger partial charge on any atom is 0.0948 e. The third-order valence-corrected chi connectivity index (χ3v) is 4.63. The number of hydrogen-bond donors (Lipinski definition) is 1. The summed E-state index contributed by atoms with van der Waals surface area (Å²) in [4.78, 5) is 8.28. The quantitative estimate of drug-likeness (QED) is 0.916. The van der Waals surface area contributed by atoms with Crippen molar-refractivity contribution in [2.75, 3.05) is 25.5 Å². The SMILES string of the molecule is CC(C)c1sc(CCN)nc1-c1cccc(N(C)C)c1. The van der Waals surface area contributed by atoms with Crippen LogP contribution in [0.3, 0.4) is 0 Å². The third-order valence-electron chi connectivity index (χ3n) is 3.22. The van der Waals surface area contributed by atoms with Crippen LogP contribution in [-0.4, -0.2) is 25.6 Å². The molecule has 0 spiro atoms. The number of rotatable bonds is 5. The van der Waals surface area contributed by atoms with Crippen LogP contribution in [0.2, 0.25) is 0 Å². The highest BCUT2D eigenvalue weighted by Crippen LogP contribution is 2.35. The summed E-state index contributed by atoms with van der Waals surface area (Å²) in [7, 11) is 4.12. The van der Waals surface area contributed by atoms with E-state index < -0.39 is 0 Å². The first-order chi connectivity index (χ1) is 9.52.